The first-order valence-corrected chi connectivity index (χ1v) is 8.25. The average molecular weight is 302 g/mol. The van der Waals surface area contributed by atoms with Gasteiger partial charge in [0.2, 0.25) is 0 Å². The van der Waals surface area contributed by atoms with Crippen LogP contribution in [0.15, 0.2) is 24.3 Å². The Morgan fingerprint density at radius 1 is 1.00 bits per heavy atom. The predicted molar refractivity (Wildman–Crippen MR) is 87.2 cm³/mol. The molecule has 0 bridgehead atoms. The van der Waals surface area contributed by atoms with Crippen molar-refractivity contribution in [2.24, 2.45) is 5.92 Å². The van der Waals surface area contributed by atoms with Crippen LogP contribution in [0.25, 0.3) is 0 Å². The summed E-state index contributed by atoms with van der Waals surface area (Å²) in [5.41, 5.74) is 2.27. The number of carbonyl (C=O) groups is 2. The van der Waals surface area contributed by atoms with E-state index in [0.717, 1.165) is 43.6 Å². The van der Waals surface area contributed by atoms with Crippen LogP contribution in [0, 0.1) is 5.92 Å². The van der Waals surface area contributed by atoms with Crippen LogP contribution in [0.5, 0.6) is 0 Å². The molecule has 0 radical (unpaired) electrons. The zero-order valence-corrected chi connectivity index (χ0v) is 13.5. The summed E-state index contributed by atoms with van der Waals surface area (Å²) in [5, 5.41) is 5.53. The summed E-state index contributed by atoms with van der Waals surface area (Å²) in [4.78, 5) is 23.7. The van der Waals surface area contributed by atoms with E-state index in [-0.39, 0.29) is 6.04 Å². The number of amides is 2. The van der Waals surface area contributed by atoms with Crippen molar-refractivity contribution in [1.29, 1.82) is 0 Å². The fraction of sp³-hybridized carbons (Fsp3) is 0.556. The normalized spacial score (nSPS) is 21.2. The standard InChI is InChI=1S/C18H26N2O2/c1-3-14-6-8-15(9-7-14)12-19-17(21)18(22)20-16-10-4-13(2)5-11-16/h6-9,13,16H,3-5,10-12H2,1-2H3,(H,19,21)(H,20,22). The third kappa shape index (κ3) is 4.86. The Bertz CT molecular complexity index is 502. The van der Waals surface area contributed by atoms with Gasteiger partial charge in [-0.15, -0.1) is 0 Å². The molecule has 0 aromatic heterocycles. The highest BCUT2D eigenvalue weighted by Crippen LogP contribution is 2.23. The molecule has 0 atom stereocenters. The molecule has 2 rings (SSSR count). The Balaban J connectivity index is 1.75. The zero-order chi connectivity index (χ0) is 15.9. The molecule has 2 amide bonds. The molecule has 1 saturated carbocycles. The molecule has 1 aliphatic carbocycles. The van der Waals surface area contributed by atoms with Crippen LogP contribution >= 0.6 is 0 Å². The molecule has 0 spiro atoms. The van der Waals surface area contributed by atoms with E-state index in [1.165, 1.54) is 5.56 Å². The second-order valence-electron chi connectivity index (χ2n) is 6.28. The monoisotopic (exact) mass is 302 g/mol. The topological polar surface area (TPSA) is 58.2 Å². The fourth-order valence-electron chi connectivity index (χ4n) is 2.81. The largest absolute Gasteiger partial charge is 0.345 e. The summed E-state index contributed by atoms with van der Waals surface area (Å²) in [6.45, 7) is 4.72. The summed E-state index contributed by atoms with van der Waals surface area (Å²) in [7, 11) is 0. The van der Waals surface area contributed by atoms with Crippen LogP contribution in [0.2, 0.25) is 0 Å². The molecule has 0 heterocycles. The number of nitrogens with one attached hydrogen (secondary N) is 2. The quantitative estimate of drug-likeness (QED) is 0.840. The minimum Gasteiger partial charge on any atom is -0.345 e. The summed E-state index contributed by atoms with van der Waals surface area (Å²) in [6.07, 6.45) is 5.18. The van der Waals surface area contributed by atoms with Crippen molar-refractivity contribution in [2.75, 3.05) is 0 Å². The molecule has 0 saturated heterocycles. The summed E-state index contributed by atoms with van der Waals surface area (Å²) < 4.78 is 0. The van der Waals surface area contributed by atoms with E-state index in [9.17, 15) is 9.59 Å². The van der Waals surface area contributed by atoms with Crippen molar-refractivity contribution in [3.8, 4) is 0 Å². The van der Waals surface area contributed by atoms with E-state index in [2.05, 4.69) is 24.5 Å². The van der Waals surface area contributed by atoms with Crippen molar-refractivity contribution >= 4 is 11.8 Å². The molecule has 1 aromatic rings. The molecule has 1 fully saturated rings. The first-order valence-electron chi connectivity index (χ1n) is 8.25. The van der Waals surface area contributed by atoms with Gasteiger partial charge in [-0.2, -0.15) is 0 Å². The van der Waals surface area contributed by atoms with Crippen LogP contribution in [-0.2, 0) is 22.6 Å². The van der Waals surface area contributed by atoms with E-state index >= 15 is 0 Å². The van der Waals surface area contributed by atoms with Gasteiger partial charge in [0.05, 0.1) is 0 Å². The van der Waals surface area contributed by atoms with Crippen LogP contribution in [-0.4, -0.2) is 17.9 Å². The lowest BCUT2D eigenvalue weighted by molar-refractivity contribution is -0.139. The van der Waals surface area contributed by atoms with Crippen LogP contribution in [0.3, 0.4) is 0 Å². The molecule has 1 aliphatic rings. The molecule has 4 heteroatoms. The van der Waals surface area contributed by atoms with E-state index in [1.54, 1.807) is 0 Å². The number of carbonyl (C=O) groups excluding carboxylic acids is 2. The van der Waals surface area contributed by atoms with Gasteiger partial charge in [0.25, 0.3) is 0 Å². The van der Waals surface area contributed by atoms with E-state index < -0.39 is 11.8 Å². The molecule has 4 nitrogen and oxygen atoms in total. The third-order valence-corrected chi connectivity index (χ3v) is 4.44. The zero-order valence-electron chi connectivity index (χ0n) is 13.5. The molecule has 120 valence electrons. The Morgan fingerprint density at radius 3 is 2.18 bits per heavy atom. The first kappa shape index (κ1) is 16.5. The maximum absolute atomic E-state index is 11.9. The molecule has 0 unspecified atom stereocenters. The first-order chi connectivity index (χ1) is 10.6. The smallest absolute Gasteiger partial charge is 0.309 e. The predicted octanol–water partition coefficient (Wildman–Crippen LogP) is 2.56. The highest BCUT2D eigenvalue weighted by atomic mass is 16.2. The van der Waals surface area contributed by atoms with Crippen LogP contribution < -0.4 is 10.6 Å². The average Bonchev–Trinajstić information content (AvgIpc) is 2.55. The number of hydrogen-bond acceptors (Lipinski definition) is 2. The number of benzene rings is 1. The van der Waals surface area contributed by atoms with Gasteiger partial charge in [-0.05, 0) is 49.1 Å². The van der Waals surface area contributed by atoms with Crippen molar-refractivity contribution in [3.05, 3.63) is 35.4 Å². The van der Waals surface area contributed by atoms with Gasteiger partial charge in [0, 0.05) is 12.6 Å². The minimum absolute atomic E-state index is 0.151. The fourth-order valence-corrected chi connectivity index (χ4v) is 2.81. The van der Waals surface area contributed by atoms with Gasteiger partial charge in [-0.1, -0.05) is 38.1 Å². The Kier molecular flexibility index (Phi) is 5.99. The Hall–Kier alpha value is -1.84. The molecular weight excluding hydrogens is 276 g/mol. The van der Waals surface area contributed by atoms with Crippen molar-refractivity contribution in [1.82, 2.24) is 10.6 Å². The molecule has 1 aromatic carbocycles. The van der Waals surface area contributed by atoms with Gasteiger partial charge < -0.3 is 10.6 Å². The maximum atomic E-state index is 11.9. The molecule has 22 heavy (non-hydrogen) atoms. The Morgan fingerprint density at radius 2 is 1.59 bits per heavy atom. The third-order valence-electron chi connectivity index (χ3n) is 4.44. The van der Waals surface area contributed by atoms with Gasteiger partial charge >= 0.3 is 11.8 Å². The van der Waals surface area contributed by atoms with Gasteiger partial charge in [-0.25, -0.2) is 0 Å². The highest BCUT2D eigenvalue weighted by Gasteiger charge is 2.22. The van der Waals surface area contributed by atoms with Crippen molar-refractivity contribution in [2.45, 2.75) is 58.5 Å². The van der Waals surface area contributed by atoms with Crippen LogP contribution in [0.1, 0.15) is 50.7 Å². The lowest BCUT2D eigenvalue weighted by atomic mass is 9.87. The van der Waals surface area contributed by atoms with Crippen LogP contribution in [0.4, 0.5) is 0 Å². The van der Waals surface area contributed by atoms with Gasteiger partial charge in [0.1, 0.15) is 0 Å². The molecule has 0 aliphatic heterocycles. The van der Waals surface area contributed by atoms with Crippen molar-refractivity contribution < 1.29 is 9.59 Å². The summed E-state index contributed by atoms with van der Waals surface area (Å²) >= 11 is 0. The summed E-state index contributed by atoms with van der Waals surface area (Å²) in [6, 6.07) is 8.22. The van der Waals surface area contributed by atoms with Crippen molar-refractivity contribution in [3.63, 3.8) is 0 Å². The second-order valence-corrected chi connectivity index (χ2v) is 6.28. The lowest BCUT2D eigenvalue weighted by Crippen LogP contribution is -2.45. The number of rotatable bonds is 4. The summed E-state index contributed by atoms with van der Waals surface area (Å²) in [5.74, 6) is -0.323. The lowest BCUT2D eigenvalue weighted by Gasteiger charge is -2.26. The van der Waals surface area contributed by atoms with E-state index in [0.29, 0.717) is 6.54 Å². The van der Waals surface area contributed by atoms with Gasteiger partial charge in [0.15, 0.2) is 0 Å². The number of aryl methyl sites for hydroxylation is 1. The Labute approximate surface area is 132 Å². The van der Waals surface area contributed by atoms with Gasteiger partial charge in [-0.3, -0.25) is 9.59 Å². The molecule has 2 N–H and O–H groups in total. The number of hydrogen-bond donors (Lipinski definition) is 2. The maximum Gasteiger partial charge on any atom is 0.309 e. The minimum atomic E-state index is -0.543. The SMILES string of the molecule is CCc1ccc(CNC(=O)C(=O)NC2CCC(C)CC2)cc1. The molecular formula is C18H26N2O2. The van der Waals surface area contributed by atoms with E-state index in [1.807, 2.05) is 24.3 Å². The van der Waals surface area contributed by atoms with E-state index in [4.69, 9.17) is 0 Å². The highest BCUT2D eigenvalue weighted by molar-refractivity contribution is 6.35. The second kappa shape index (κ2) is 7.97.